The van der Waals surface area contributed by atoms with Gasteiger partial charge in [-0.3, -0.25) is 4.79 Å². The van der Waals surface area contributed by atoms with Crippen molar-refractivity contribution >= 4 is 18.6 Å². The van der Waals surface area contributed by atoms with Crippen molar-refractivity contribution in [1.29, 1.82) is 0 Å². The molecule has 0 aliphatic rings. The smallest absolute Gasteiger partial charge is 0.320 e. The van der Waals surface area contributed by atoms with Crippen LogP contribution in [0.5, 0.6) is 0 Å². The Balaban J connectivity index is 3.56. The second-order valence-corrected chi connectivity index (χ2v) is 3.14. The summed E-state index contributed by atoms with van der Waals surface area (Å²) in [7, 11) is 0. The maximum atomic E-state index is 10.2. The zero-order chi connectivity index (χ0) is 8.85. The van der Waals surface area contributed by atoms with Crippen LogP contribution in [0.2, 0.25) is 0 Å². The minimum Gasteiger partial charge on any atom is -0.480 e. The van der Waals surface area contributed by atoms with Gasteiger partial charge in [-0.25, -0.2) is 0 Å². The lowest BCUT2D eigenvalue weighted by Crippen LogP contribution is -2.33. The zero-order valence-electron chi connectivity index (χ0n) is 6.23. The molecule has 5 N–H and O–H groups in total. The van der Waals surface area contributed by atoms with Gasteiger partial charge in [0.25, 0.3) is 0 Å². The first-order valence-corrected chi connectivity index (χ1v) is 3.96. The molecule has 0 saturated carbocycles. The monoisotopic (exact) mass is 178 g/mol. The molecule has 0 aromatic carbocycles. The fraction of sp³-hybridized carbons (Fsp3) is 0.833. The van der Waals surface area contributed by atoms with Crippen LogP contribution in [0.1, 0.15) is 12.8 Å². The largest absolute Gasteiger partial charge is 0.480 e. The number of nitrogens with two attached hydrogens (primary N) is 2. The summed E-state index contributed by atoms with van der Waals surface area (Å²) in [4.78, 5) is 10.2. The summed E-state index contributed by atoms with van der Waals surface area (Å²) in [5.74, 6) is -0.985. The van der Waals surface area contributed by atoms with Gasteiger partial charge in [-0.05, 0) is 19.4 Å². The molecule has 0 bridgehead atoms. The standard InChI is InChI=1S/C6H14N2O2S/c7-2-1-4(11)3-5(8)6(9)10/h4-5,11H,1-3,7-8H2,(H,9,10)/t4-,5+/m1/s1. The van der Waals surface area contributed by atoms with E-state index in [9.17, 15) is 4.79 Å². The predicted octanol–water partition coefficient (Wildman–Crippen LogP) is -0.564. The van der Waals surface area contributed by atoms with Crippen LogP contribution in [0.4, 0.5) is 0 Å². The van der Waals surface area contributed by atoms with E-state index in [4.69, 9.17) is 16.6 Å². The Kier molecular flexibility index (Phi) is 5.27. The average Bonchev–Trinajstić information content (AvgIpc) is 1.87. The van der Waals surface area contributed by atoms with E-state index >= 15 is 0 Å². The SMILES string of the molecule is NCC[C@@H](S)C[C@H](N)C(=O)O. The van der Waals surface area contributed by atoms with E-state index in [2.05, 4.69) is 12.6 Å². The summed E-state index contributed by atoms with van der Waals surface area (Å²) < 4.78 is 0. The number of carbonyl (C=O) groups is 1. The van der Waals surface area contributed by atoms with Crippen molar-refractivity contribution in [3.8, 4) is 0 Å². The lowest BCUT2D eigenvalue weighted by molar-refractivity contribution is -0.138. The Hall–Kier alpha value is -0.260. The fourth-order valence-electron chi connectivity index (χ4n) is 0.704. The van der Waals surface area contributed by atoms with E-state index in [1.807, 2.05) is 0 Å². The van der Waals surface area contributed by atoms with Crippen LogP contribution in [0, 0.1) is 0 Å². The van der Waals surface area contributed by atoms with Gasteiger partial charge in [0, 0.05) is 5.25 Å². The van der Waals surface area contributed by atoms with Gasteiger partial charge in [0.2, 0.25) is 0 Å². The van der Waals surface area contributed by atoms with Crippen molar-refractivity contribution in [1.82, 2.24) is 0 Å². The maximum Gasteiger partial charge on any atom is 0.320 e. The first-order chi connectivity index (χ1) is 5.07. The normalized spacial score (nSPS) is 15.9. The molecule has 0 aromatic heterocycles. The molecular formula is C6H14N2O2S. The molecule has 0 saturated heterocycles. The molecule has 2 atom stereocenters. The van der Waals surface area contributed by atoms with Crippen LogP contribution in [-0.2, 0) is 4.79 Å². The highest BCUT2D eigenvalue weighted by Crippen LogP contribution is 2.07. The minimum absolute atomic E-state index is 0.00824. The summed E-state index contributed by atoms with van der Waals surface area (Å²) in [6.07, 6.45) is 1.07. The molecule has 0 aliphatic carbocycles. The first kappa shape index (κ1) is 10.7. The Morgan fingerprint density at radius 2 is 2.18 bits per heavy atom. The van der Waals surface area contributed by atoms with Crippen molar-refractivity contribution in [3.63, 3.8) is 0 Å². The lowest BCUT2D eigenvalue weighted by atomic mass is 10.1. The van der Waals surface area contributed by atoms with Gasteiger partial charge >= 0.3 is 5.97 Å². The molecule has 4 nitrogen and oxygen atoms in total. The number of carboxylic acids is 1. The van der Waals surface area contributed by atoms with Crippen molar-refractivity contribution in [2.24, 2.45) is 11.5 Å². The van der Waals surface area contributed by atoms with E-state index in [1.165, 1.54) is 0 Å². The third-order valence-corrected chi connectivity index (χ3v) is 1.81. The molecule has 0 fully saturated rings. The second kappa shape index (κ2) is 5.40. The predicted molar refractivity (Wildman–Crippen MR) is 46.7 cm³/mol. The minimum atomic E-state index is -0.985. The number of thiol groups is 1. The van der Waals surface area contributed by atoms with E-state index in [-0.39, 0.29) is 5.25 Å². The highest BCUT2D eigenvalue weighted by molar-refractivity contribution is 7.80. The average molecular weight is 178 g/mol. The number of rotatable bonds is 5. The van der Waals surface area contributed by atoms with Crippen LogP contribution in [0.15, 0.2) is 0 Å². The van der Waals surface area contributed by atoms with Crippen LogP contribution >= 0.6 is 12.6 Å². The Bertz CT molecular complexity index is 132. The number of hydrogen-bond acceptors (Lipinski definition) is 4. The molecule has 0 heterocycles. The summed E-state index contributed by atoms with van der Waals surface area (Å²) in [6, 6.07) is -0.816. The van der Waals surface area contributed by atoms with E-state index in [0.717, 1.165) is 0 Å². The molecule has 0 aromatic rings. The summed E-state index contributed by atoms with van der Waals surface area (Å²) in [6.45, 7) is 0.514. The lowest BCUT2D eigenvalue weighted by Gasteiger charge is -2.11. The van der Waals surface area contributed by atoms with Crippen LogP contribution in [0.25, 0.3) is 0 Å². The van der Waals surface area contributed by atoms with Gasteiger partial charge < -0.3 is 16.6 Å². The van der Waals surface area contributed by atoms with Gasteiger partial charge in [-0.1, -0.05) is 0 Å². The number of hydrogen-bond donors (Lipinski definition) is 4. The molecule has 0 radical (unpaired) electrons. The molecule has 11 heavy (non-hydrogen) atoms. The third kappa shape index (κ3) is 5.06. The molecule has 0 spiro atoms. The zero-order valence-corrected chi connectivity index (χ0v) is 7.13. The highest BCUT2D eigenvalue weighted by atomic mass is 32.1. The molecule has 66 valence electrons. The van der Waals surface area contributed by atoms with Crippen LogP contribution in [0.3, 0.4) is 0 Å². The second-order valence-electron chi connectivity index (χ2n) is 2.41. The van der Waals surface area contributed by atoms with Crippen molar-refractivity contribution < 1.29 is 9.90 Å². The number of aliphatic carboxylic acids is 1. The van der Waals surface area contributed by atoms with Crippen molar-refractivity contribution in [2.45, 2.75) is 24.1 Å². The Labute approximate surface area is 71.4 Å². The van der Waals surface area contributed by atoms with Gasteiger partial charge in [-0.15, -0.1) is 0 Å². The molecule has 0 amide bonds. The summed E-state index contributed by atoms with van der Waals surface area (Å²) in [5.41, 5.74) is 10.5. The van der Waals surface area contributed by atoms with Gasteiger partial charge in [-0.2, -0.15) is 12.6 Å². The molecule has 5 heteroatoms. The molecular weight excluding hydrogens is 164 g/mol. The van der Waals surface area contributed by atoms with Crippen LogP contribution < -0.4 is 11.5 Å². The highest BCUT2D eigenvalue weighted by Gasteiger charge is 2.15. The van der Waals surface area contributed by atoms with Crippen molar-refractivity contribution in [3.05, 3.63) is 0 Å². The van der Waals surface area contributed by atoms with E-state index in [1.54, 1.807) is 0 Å². The van der Waals surface area contributed by atoms with Crippen LogP contribution in [-0.4, -0.2) is 28.9 Å². The first-order valence-electron chi connectivity index (χ1n) is 3.44. The molecule has 0 rings (SSSR count). The fourth-order valence-corrected chi connectivity index (χ4v) is 1.08. The Morgan fingerprint density at radius 3 is 2.55 bits per heavy atom. The van der Waals surface area contributed by atoms with Crippen molar-refractivity contribution in [2.75, 3.05) is 6.54 Å². The molecule has 0 aliphatic heterocycles. The molecule has 0 unspecified atom stereocenters. The van der Waals surface area contributed by atoms with Gasteiger partial charge in [0.15, 0.2) is 0 Å². The van der Waals surface area contributed by atoms with E-state index in [0.29, 0.717) is 19.4 Å². The third-order valence-electron chi connectivity index (χ3n) is 1.34. The maximum absolute atomic E-state index is 10.2. The quantitative estimate of drug-likeness (QED) is 0.425. The van der Waals surface area contributed by atoms with Gasteiger partial charge in [0.1, 0.15) is 6.04 Å². The summed E-state index contributed by atoms with van der Waals surface area (Å²) >= 11 is 4.12. The number of carboxylic acid groups (broad SMARTS) is 1. The Morgan fingerprint density at radius 1 is 1.64 bits per heavy atom. The van der Waals surface area contributed by atoms with Gasteiger partial charge in [0.05, 0.1) is 0 Å². The van der Waals surface area contributed by atoms with E-state index < -0.39 is 12.0 Å². The summed E-state index contributed by atoms with van der Waals surface area (Å²) in [5, 5.41) is 8.40. The topological polar surface area (TPSA) is 89.3 Å².